The molecule has 0 aliphatic carbocycles. The maximum Gasteiger partial charge on any atom is 0.308 e. The minimum Gasteiger partial charge on any atom is -0.460 e. The van der Waals surface area contributed by atoms with Crippen LogP contribution in [0.1, 0.15) is 41.5 Å². The van der Waals surface area contributed by atoms with Gasteiger partial charge in [-0.15, -0.1) is 0 Å². The van der Waals surface area contributed by atoms with Crippen molar-refractivity contribution < 1.29 is 14.3 Å². The van der Waals surface area contributed by atoms with Crippen molar-refractivity contribution in [2.75, 3.05) is 6.61 Å². The van der Waals surface area contributed by atoms with Crippen LogP contribution in [-0.4, -0.2) is 24.3 Å². The number of hydrogen-bond donors (Lipinski definition) is 0. The quantitative estimate of drug-likeness (QED) is 0.657. The number of hydrogen-bond acceptors (Lipinski definition) is 3. The Balaban J connectivity index is 3.77. The maximum atomic E-state index is 11.2. The molecular weight excluding hydrogens is 180 g/mol. The molecule has 0 saturated carbocycles. The van der Waals surface area contributed by atoms with E-state index in [1.807, 2.05) is 41.5 Å². The van der Waals surface area contributed by atoms with Crippen LogP contribution >= 0.6 is 0 Å². The molecule has 3 nitrogen and oxygen atoms in total. The van der Waals surface area contributed by atoms with Gasteiger partial charge in [0.1, 0.15) is 6.10 Å². The van der Waals surface area contributed by atoms with Gasteiger partial charge >= 0.3 is 5.97 Å². The standard InChI is InChI=1S/C11H22O3/c1-8(2)10(12)14-9(3)7-13-11(4,5)6/h8-9H,7H2,1-6H3. The first kappa shape index (κ1) is 13.4. The van der Waals surface area contributed by atoms with Gasteiger partial charge in [-0.2, -0.15) is 0 Å². The molecule has 0 amide bonds. The van der Waals surface area contributed by atoms with E-state index in [1.54, 1.807) is 0 Å². The molecule has 84 valence electrons. The maximum absolute atomic E-state index is 11.2. The summed E-state index contributed by atoms with van der Waals surface area (Å²) in [6.45, 7) is 11.9. The van der Waals surface area contributed by atoms with Gasteiger partial charge in [-0.1, -0.05) is 13.8 Å². The zero-order chi connectivity index (χ0) is 11.4. The van der Waals surface area contributed by atoms with Crippen molar-refractivity contribution in [1.29, 1.82) is 0 Å². The van der Waals surface area contributed by atoms with Gasteiger partial charge in [0, 0.05) is 0 Å². The Morgan fingerprint density at radius 1 is 1.21 bits per heavy atom. The number of carbonyl (C=O) groups excluding carboxylic acids is 1. The SMILES string of the molecule is CC(COC(C)(C)C)OC(=O)C(C)C. The fourth-order valence-electron chi connectivity index (χ4n) is 0.736. The lowest BCUT2D eigenvalue weighted by molar-refractivity contribution is -0.157. The Morgan fingerprint density at radius 3 is 2.07 bits per heavy atom. The van der Waals surface area contributed by atoms with E-state index in [0.29, 0.717) is 6.61 Å². The van der Waals surface area contributed by atoms with E-state index in [-0.39, 0.29) is 23.6 Å². The van der Waals surface area contributed by atoms with Crippen molar-refractivity contribution in [3.05, 3.63) is 0 Å². The first-order valence-electron chi connectivity index (χ1n) is 5.07. The van der Waals surface area contributed by atoms with Gasteiger partial charge in [0.25, 0.3) is 0 Å². The van der Waals surface area contributed by atoms with E-state index < -0.39 is 0 Å². The minimum absolute atomic E-state index is 0.0768. The summed E-state index contributed by atoms with van der Waals surface area (Å²) < 4.78 is 10.6. The van der Waals surface area contributed by atoms with E-state index in [9.17, 15) is 4.79 Å². The van der Waals surface area contributed by atoms with Crippen molar-refractivity contribution in [2.45, 2.75) is 53.2 Å². The molecule has 0 saturated heterocycles. The normalized spacial score (nSPS) is 14.2. The van der Waals surface area contributed by atoms with Gasteiger partial charge in [0.05, 0.1) is 18.1 Å². The highest BCUT2D eigenvalue weighted by Gasteiger charge is 2.16. The van der Waals surface area contributed by atoms with Gasteiger partial charge in [-0.3, -0.25) is 4.79 Å². The lowest BCUT2D eigenvalue weighted by Crippen LogP contribution is -2.28. The lowest BCUT2D eigenvalue weighted by Gasteiger charge is -2.23. The predicted molar refractivity (Wildman–Crippen MR) is 56.1 cm³/mol. The summed E-state index contributed by atoms with van der Waals surface area (Å²) in [5.41, 5.74) is -0.182. The monoisotopic (exact) mass is 202 g/mol. The molecule has 0 aliphatic rings. The predicted octanol–water partition coefficient (Wildman–Crippen LogP) is 2.39. The summed E-state index contributed by atoms with van der Waals surface area (Å²) >= 11 is 0. The summed E-state index contributed by atoms with van der Waals surface area (Å²) in [6, 6.07) is 0. The van der Waals surface area contributed by atoms with Crippen LogP contribution in [0.15, 0.2) is 0 Å². The summed E-state index contributed by atoms with van der Waals surface area (Å²) in [5, 5.41) is 0. The van der Waals surface area contributed by atoms with Crippen LogP contribution in [0.2, 0.25) is 0 Å². The number of carbonyl (C=O) groups is 1. The second-order valence-electron chi connectivity index (χ2n) is 4.83. The number of ether oxygens (including phenoxy) is 2. The van der Waals surface area contributed by atoms with Crippen LogP contribution in [0, 0.1) is 5.92 Å². The molecule has 0 aromatic heterocycles. The van der Waals surface area contributed by atoms with Gasteiger partial charge in [-0.05, 0) is 27.7 Å². The second kappa shape index (κ2) is 5.35. The molecule has 0 aromatic carbocycles. The third-order valence-electron chi connectivity index (χ3n) is 1.54. The lowest BCUT2D eigenvalue weighted by atomic mass is 10.2. The summed E-state index contributed by atoms with van der Waals surface area (Å²) in [7, 11) is 0. The fraction of sp³-hybridized carbons (Fsp3) is 0.909. The third-order valence-corrected chi connectivity index (χ3v) is 1.54. The zero-order valence-corrected chi connectivity index (χ0v) is 10.1. The third kappa shape index (κ3) is 6.89. The fourth-order valence-corrected chi connectivity index (χ4v) is 0.736. The van der Waals surface area contributed by atoms with Crippen LogP contribution in [0.5, 0.6) is 0 Å². The van der Waals surface area contributed by atoms with Crippen molar-refractivity contribution in [3.8, 4) is 0 Å². The molecule has 14 heavy (non-hydrogen) atoms. The van der Waals surface area contributed by atoms with Crippen LogP contribution in [0.4, 0.5) is 0 Å². The van der Waals surface area contributed by atoms with E-state index >= 15 is 0 Å². The average molecular weight is 202 g/mol. The molecule has 1 atom stereocenters. The molecule has 0 aliphatic heterocycles. The van der Waals surface area contributed by atoms with E-state index in [0.717, 1.165) is 0 Å². The van der Waals surface area contributed by atoms with Crippen LogP contribution in [0.3, 0.4) is 0 Å². The van der Waals surface area contributed by atoms with Gasteiger partial charge < -0.3 is 9.47 Å². The Bertz CT molecular complexity index is 179. The molecule has 1 unspecified atom stereocenters. The van der Waals surface area contributed by atoms with Crippen LogP contribution < -0.4 is 0 Å². The largest absolute Gasteiger partial charge is 0.460 e. The molecule has 0 rings (SSSR count). The Hall–Kier alpha value is -0.570. The first-order valence-corrected chi connectivity index (χ1v) is 5.07. The number of rotatable bonds is 4. The molecule has 0 N–H and O–H groups in total. The smallest absolute Gasteiger partial charge is 0.308 e. The summed E-state index contributed by atoms with van der Waals surface area (Å²) in [5.74, 6) is -0.248. The molecular formula is C11H22O3. The second-order valence-corrected chi connectivity index (χ2v) is 4.83. The highest BCUT2D eigenvalue weighted by molar-refractivity contribution is 5.71. The zero-order valence-electron chi connectivity index (χ0n) is 10.1. The Kier molecular flexibility index (Phi) is 5.13. The highest BCUT2D eigenvalue weighted by atomic mass is 16.6. The Labute approximate surface area is 86.8 Å². The average Bonchev–Trinajstić information content (AvgIpc) is 1.99. The topological polar surface area (TPSA) is 35.5 Å². The van der Waals surface area contributed by atoms with Crippen molar-refractivity contribution >= 4 is 5.97 Å². The van der Waals surface area contributed by atoms with E-state index in [1.165, 1.54) is 0 Å². The van der Waals surface area contributed by atoms with Crippen LogP contribution in [-0.2, 0) is 14.3 Å². The van der Waals surface area contributed by atoms with Crippen molar-refractivity contribution in [1.82, 2.24) is 0 Å². The van der Waals surface area contributed by atoms with Crippen molar-refractivity contribution in [3.63, 3.8) is 0 Å². The van der Waals surface area contributed by atoms with Crippen molar-refractivity contribution in [2.24, 2.45) is 5.92 Å². The molecule has 0 heterocycles. The molecule has 0 radical (unpaired) electrons. The van der Waals surface area contributed by atoms with Gasteiger partial charge in [-0.25, -0.2) is 0 Å². The Morgan fingerprint density at radius 2 is 1.71 bits per heavy atom. The van der Waals surface area contributed by atoms with E-state index in [4.69, 9.17) is 9.47 Å². The number of esters is 1. The minimum atomic E-state index is -0.182. The first-order chi connectivity index (χ1) is 6.22. The molecule has 0 aromatic rings. The summed E-state index contributed by atoms with van der Waals surface area (Å²) in [4.78, 5) is 11.2. The molecule has 3 heteroatoms. The van der Waals surface area contributed by atoms with Gasteiger partial charge in [0.2, 0.25) is 0 Å². The highest BCUT2D eigenvalue weighted by Crippen LogP contribution is 2.09. The van der Waals surface area contributed by atoms with E-state index in [2.05, 4.69) is 0 Å². The molecule has 0 fully saturated rings. The molecule has 0 bridgehead atoms. The van der Waals surface area contributed by atoms with Gasteiger partial charge in [0.15, 0.2) is 0 Å². The van der Waals surface area contributed by atoms with Crippen LogP contribution in [0.25, 0.3) is 0 Å². The molecule has 0 spiro atoms. The summed E-state index contributed by atoms with van der Waals surface area (Å²) in [6.07, 6.45) is -0.177.